The number of sulfone groups is 1. The van der Waals surface area contributed by atoms with E-state index in [0.717, 1.165) is 0 Å². The van der Waals surface area contributed by atoms with Crippen molar-refractivity contribution in [2.75, 3.05) is 12.4 Å². The predicted octanol–water partition coefficient (Wildman–Crippen LogP) is 1.49. The summed E-state index contributed by atoms with van der Waals surface area (Å²) in [4.78, 5) is 0.231. The molecule has 1 aromatic carbocycles. The van der Waals surface area contributed by atoms with Gasteiger partial charge in [0.2, 0.25) is 0 Å². The average Bonchev–Trinajstić information content (AvgIpc) is 2.15. The van der Waals surface area contributed by atoms with E-state index in [9.17, 15) is 8.42 Å². The molecule has 1 heterocycles. The van der Waals surface area contributed by atoms with Gasteiger partial charge in [-0.1, -0.05) is 31.4 Å². The zero-order valence-corrected chi connectivity index (χ0v) is 8.17. The maximum Gasteiger partial charge on any atom is 0.193 e. The number of hydrogen-bond donors (Lipinski definition) is 0. The number of rotatable bonds is 0. The van der Waals surface area contributed by atoms with E-state index in [-0.39, 0.29) is 24.7 Å². The van der Waals surface area contributed by atoms with Gasteiger partial charge in [-0.2, -0.15) is 0 Å². The van der Waals surface area contributed by atoms with Gasteiger partial charge >= 0.3 is 0 Å². The SMILES string of the molecule is C.O=S1(=O)CC#CCOc2ccccc21. The molecule has 15 heavy (non-hydrogen) atoms. The van der Waals surface area contributed by atoms with Crippen LogP contribution >= 0.6 is 0 Å². The minimum absolute atomic E-state index is 0. The van der Waals surface area contributed by atoms with Crippen LogP contribution in [0.15, 0.2) is 29.2 Å². The van der Waals surface area contributed by atoms with Crippen molar-refractivity contribution in [1.29, 1.82) is 0 Å². The lowest BCUT2D eigenvalue weighted by Crippen LogP contribution is -2.10. The molecule has 80 valence electrons. The van der Waals surface area contributed by atoms with Crippen LogP contribution in [0.5, 0.6) is 5.75 Å². The Hall–Kier alpha value is -1.47. The van der Waals surface area contributed by atoms with Gasteiger partial charge in [0, 0.05) is 0 Å². The van der Waals surface area contributed by atoms with Gasteiger partial charge in [0.1, 0.15) is 23.0 Å². The Labute approximate surface area is 90.0 Å². The van der Waals surface area contributed by atoms with E-state index >= 15 is 0 Å². The first-order valence-corrected chi connectivity index (χ1v) is 5.76. The fourth-order valence-electron chi connectivity index (χ4n) is 1.22. The van der Waals surface area contributed by atoms with Crippen LogP contribution in [0.1, 0.15) is 7.43 Å². The summed E-state index contributed by atoms with van der Waals surface area (Å²) < 4.78 is 28.5. The lowest BCUT2D eigenvalue weighted by molar-refractivity contribution is 0.359. The molecule has 1 aromatic rings. The summed E-state index contributed by atoms with van der Waals surface area (Å²) in [6.45, 7) is 0.243. The van der Waals surface area contributed by atoms with Crippen LogP contribution in [0.25, 0.3) is 0 Å². The molecule has 0 bridgehead atoms. The molecule has 0 radical (unpaired) electrons. The predicted molar refractivity (Wildman–Crippen MR) is 58.5 cm³/mol. The van der Waals surface area contributed by atoms with Crippen LogP contribution in [0.2, 0.25) is 0 Å². The first kappa shape index (κ1) is 11.6. The maximum atomic E-state index is 11.7. The van der Waals surface area contributed by atoms with Gasteiger partial charge in [-0.25, -0.2) is 8.42 Å². The first-order chi connectivity index (χ1) is 6.70. The lowest BCUT2D eigenvalue weighted by atomic mass is 10.3. The van der Waals surface area contributed by atoms with Crippen molar-refractivity contribution in [3.8, 4) is 17.6 Å². The second-order valence-corrected chi connectivity index (χ2v) is 4.81. The molecule has 2 rings (SSSR count). The Bertz CT molecular complexity index is 506. The highest BCUT2D eigenvalue weighted by atomic mass is 32.2. The van der Waals surface area contributed by atoms with E-state index < -0.39 is 9.84 Å². The van der Waals surface area contributed by atoms with Crippen molar-refractivity contribution < 1.29 is 13.2 Å². The van der Waals surface area contributed by atoms with Gasteiger partial charge in [-0.15, -0.1) is 0 Å². The molecule has 3 nitrogen and oxygen atoms in total. The molecule has 0 N–H and O–H groups in total. The van der Waals surface area contributed by atoms with Crippen molar-refractivity contribution in [3.63, 3.8) is 0 Å². The maximum absolute atomic E-state index is 11.7. The third-order valence-corrected chi connectivity index (χ3v) is 3.40. The van der Waals surface area contributed by atoms with Crippen molar-refractivity contribution >= 4 is 9.84 Å². The summed E-state index contributed by atoms with van der Waals surface area (Å²) in [6.07, 6.45) is 0. The quantitative estimate of drug-likeness (QED) is 0.627. The number of benzene rings is 1. The molecule has 0 aliphatic carbocycles. The van der Waals surface area contributed by atoms with E-state index in [0.29, 0.717) is 5.75 Å². The second-order valence-electron chi connectivity index (χ2n) is 2.85. The third kappa shape index (κ3) is 2.31. The van der Waals surface area contributed by atoms with Crippen molar-refractivity contribution in [2.45, 2.75) is 12.3 Å². The summed E-state index contributed by atoms with van der Waals surface area (Å²) in [5, 5.41) is 0. The van der Waals surface area contributed by atoms with Crippen molar-refractivity contribution in [3.05, 3.63) is 24.3 Å². The van der Waals surface area contributed by atoms with Gasteiger partial charge in [-0.3, -0.25) is 0 Å². The van der Waals surface area contributed by atoms with Crippen LogP contribution in [-0.2, 0) is 9.84 Å². The van der Waals surface area contributed by atoms with Crippen LogP contribution in [0.3, 0.4) is 0 Å². The van der Waals surface area contributed by atoms with Crippen LogP contribution in [0, 0.1) is 11.8 Å². The Morgan fingerprint density at radius 1 is 1.20 bits per heavy atom. The van der Waals surface area contributed by atoms with Crippen LogP contribution in [0.4, 0.5) is 0 Å². The Kier molecular flexibility index (Phi) is 3.38. The molecule has 0 fully saturated rings. The molecule has 1 aliphatic rings. The molecule has 4 heteroatoms. The number of fused-ring (bicyclic) bond motifs is 1. The van der Waals surface area contributed by atoms with E-state index in [1.165, 1.54) is 6.07 Å². The first-order valence-electron chi connectivity index (χ1n) is 4.10. The van der Waals surface area contributed by atoms with E-state index in [2.05, 4.69) is 11.8 Å². The normalized spacial score (nSPS) is 16.5. The summed E-state index contributed by atoms with van der Waals surface area (Å²) in [5.41, 5.74) is 0. The molecule has 0 amide bonds. The fraction of sp³-hybridized carbons (Fsp3) is 0.273. The topological polar surface area (TPSA) is 43.4 Å². The van der Waals surface area contributed by atoms with Gasteiger partial charge in [0.15, 0.2) is 9.84 Å². The molecule has 0 aromatic heterocycles. The highest BCUT2D eigenvalue weighted by Gasteiger charge is 2.18. The molecule has 0 unspecified atom stereocenters. The number of hydrogen-bond acceptors (Lipinski definition) is 3. The zero-order valence-electron chi connectivity index (χ0n) is 7.36. The van der Waals surface area contributed by atoms with Gasteiger partial charge in [-0.05, 0) is 12.1 Å². The van der Waals surface area contributed by atoms with E-state index in [1.807, 2.05) is 0 Å². The summed E-state index contributed by atoms with van der Waals surface area (Å²) >= 11 is 0. The molecule has 0 atom stereocenters. The van der Waals surface area contributed by atoms with Crippen LogP contribution in [-0.4, -0.2) is 20.8 Å². The number of para-hydroxylation sites is 1. The van der Waals surface area contributed by atoms with Gasteiger partial charge in [0.05, 0.1) is 0 Å². The molecule has 1 aliphatic heterocycles. The molecule has 0 spiro atoms. The largest absolute Gasteiger partial charge is 0.480 e. The molecule has 0 saturated heterocycles. The highest BCUT2D eigenvalue weighted by molar-refractivity contribution is 7.91. The van der Waals surface area contributed by atoms with Crippen molar-refractivity contribution in [1.82, 2.24) is 0 Å². The van der Waals surface area contributed by atoms with E-state index in [4.69, 9.17) is 4.74 Å². The van der Waals surface area contributed by atoms with E-state index in [1.54, 1.807) is 18.2 Å². The minimum atomic E-state index is -3.30. The Morgan fingerprint density at radius 3 is 2.73 bits per heavy atom. The smallest absolute Gasteiger partial charge is 0.193 e. The monoisotopic (exact) mass is 224 g/mol. The minimum Gasteiger partial charge on any atom is -0.480 e. The van der Waals surface area contributed by atoms with Crippen LogP contribution < -0.4 is 4.74 Å². The summed E-state index contributed by atoms with van der Waals surface area (Å²) in [5.74, 6) is 5.45. The summed E-state index contributed by atoms with van der Waals surface area (Å²) in [7, 11) is -3.30. The Balaban J connectivity index is 0.00000112. The average molecular weight is 224 g/mol. The molecular formula is C11H12O3S. The number of ether oxygens (including phenoxy) is 1. The Morgan fingerprint density at radius 2 is 1.93 bits per heavy atom. The van der Waals surface area contributed by atoms with Gasteiger partial charge < -0.3 is 4.74 Å². The highest BCUT2D eigenvalue weighted by Crippen LogP contribution is 2.24. The molecular weight excluding hydrogens is 212 g/mol. The lowest BCUT2D eigenvalue weighted by Gasteiger charge is -2.10. The van der Waals surface area contributed by atoms with Gasteiger partial charge in [0.25, 0.3) is 0 Å². The second kappa shape index (κ2) is 4.37. The van der Waals surface area contributed by atoms with Crippen molar-refractivity contribution in [2.24, 2.45) is 0 Å². The molecule has 0 saturated carbocycles. The summed E-state index contributed by atoms with van der Waals surface area (Å²) in [6, 6.07) is 6.59. The third-order valence-electron chi connectivity index (χ3n) is 1.87. The zero-order chi connectivity index (χ0) is 10.0. The fourth-order valence-corrected chi connectivity index (χ4v) is 2.38. The standard InChI is InChI=1S/C10H8O3S.CH4/c11-14(12)8-4-3-7-13-9-5-1-2-6-10(9)14;/h1-2,5-6H,7-8H2;1H4.